The molecule has 2 aliphatic carbocycles. The monoisotopic (exact) mass is 486 g/mol. The van der Waals surface area contributed by atoms with Gasteiger partial charge in [0.2, 0.25) is 5.91 Å². The van der Waals surface area contributed by atoms with E-state index in [1.54, 1.807) is 6.07 Å². The Balaban J connectivity index is 1.20. The Hall–Kier alpha value is -2.90. The first-order valence-electron chi connectivity index (χ1n) is 13.4. The number of benzene rings is 1. The van der Waals surface area contributed by atoms with Crippen LogP contribution in [-0.4, -0.2) is 73.1 Å². The van der Waals surface area contributed by atoms with Crippen molar-refractivity contribution in [3.8, 4) is 5.75 Å². The number of carbonyl (C=O) groups is 1. The number of hydrogen-bond donors (Lipinski definition) is 2. The number of pyridine rings is 1. The van der Waals surface area contributed by atoms with Gasteiger partial charge in [-0.3, -0.25) is 9.69 Å². The number of aliphatic hydroxyl groups is 1. The van der Waals surface area contributed by atoms with Crippen LogP contribution in [0.4, 0.5) is 0 Å². The van der Waals surface area contributed by atoms with Crippen LogP contribution in [-0.2, 0) is 23.1 Å². The zero-order valence-electron chi connectivity index (χ0n) is 20.6. The molecule has 7 nitrogen and oxygen atoms in total. The van der Waals surface area contributed by atoms with Crippen molar-refractivity contribution in [1.29, 1.82) is 0 Å². The summed E-state index contributed by atoms with van der Waals surface area (Å²) in [6.07, 6.45) is 9.66. The molecule has 7 heteroatoms. The van der Waals surface area contributed by atoms with Crippen LogP contribution in [0.5, 0.6) is 5.75 Å². The second kappa shape index (κ2) is 8.05. The van der Waals surface area contributed by atoms with Gasteiger partial charge in [-0.15, -0.1) is 0 Å². The van der Waals surface area contributed by atoms with Gasteiger partial charge in [0.1, 0.15) is 11.4 Å². The Kier molecular flexibility index (Phi) is 4.99. The third-order valence-corrected chi connectivity index (χ3v) is 9.53. The number of phenolic OH excluding ortho intramolecular Hbond substituents is 1. The summed E-state index contributed by atoms with van der Waals surface area (Å²) >= 11 is 0. The maximum atomic E-state index is 13.5. The summed E-state index contributed by atoms with van der Waals surface area (Å²) in [6.45, 7) is 3.19. The fourth-order valence-electron chi connectivity index (χ4n) is 7.45. The molecule has 3 aromatic rings. The predicted octanol–water partition coefficient (Wildman–Crippen LogP) is 2.91. The van der Waals surface area contributed by atoms with Crippen molar-refractivity contribution in [1.82, 2.24) is 19.2 Å². The highest BCUT2D eigenvalue weighted by Crippen LogP contribution is 2.56. The molecule has 2 saturated heterocycles. The zero-order chi connectivity index (χ0) is 24.5. The van der Waals surface area contributed by atoms with Gasteiger partial charge >= 0.3 is 0 Å². The van der Waals surface area contributed by atoms with Gasteiger partial charge in [-0.05, 0) is 86.4 Å². The lowest BCUT2D eigenvalue weighted by atomic mass is 9.52. The van der Waals surface area contributed by atoms with Crippen molar-refractivity contribution in [2.75, 3.05) is 26.2 Å². The second-order valence-electron chi connectivity index (χ2n) is 11.5. The average Bonchev–Trinajstić information content (AvgIpc) is 3.61. The number of aromatic hydroxyl groups is 1. The lowest BCUT2D eigenvalue weighted by molar-refractivity contribution is -0.149. The average molecular weight is 487 g/mol. The highest BCUT2D eigenvalue weighted by Gasteiger charge is 2.63. The first-order chi connectivity index (χ1) is 17.4. The van der Waals surface area contributed by atoms with Crippen LogP contribution in [0.25, 0.3) is 5.65 Å². The molecule has 4 heterocycles. The number of phenols is 1. The fraction of sp³-hybridized carbons (Fsp3) is 0.517. The minimum atomic E-state index is -0.918. The summed E-state index contributed by atoms with van der Waals surface area (Å²) in [5.41, 5.74) is 2.60. The van der Waals surface area contributed by atoms with Crippen molar-refractivity contribution < 1.29 is 15.0 Å². The van der Waals surface area contributed by atoms with E-state index in [-0.39, 0.29) is 24.1 Å². The molecule has 3 fully saturated rings. The molecule has 36 heavy (non-hydrogen) atoms. The Bertz CT molecular complexity index is 1300. The fourth-order valence-corrected chi connectivity index (χ4v) is 7.45. The van der Waals surface area contributed by atoms with E-state index >= 15 is 0 Å². The Morgan fingerprint density at radius 2 is 1.92 bits per heavy atom. The molecule has 0 spiro atoms. The summed E-state index contributed by atoms with van der Waals surface area (Å²) in [5.74, 6) is 1.09. The van der Waals surface area contributed by atoms with Crippen LogP contribution < -0.4 is 0 Å². The summed E-state index contributed by atoms with van der Waals surface area (Å²) in [4.78, 5) is 22.6. The number of rotatable bonds is 4. The van der Waals surface area contributed by atoms with Gasteiger partial charge in [0.15, 0.2) is 0 Å². The van der Waals surface area contributed by atoms with Gasteiger partial charge in [-0.1, -0.05) is 12.1 Å². The van der Waals surface area contributed by atoms with Gasteiger partial charge in [0.25, 0.3) is 0 Å². The molecule has 188 valence electrons. The number of imidazole rings is 1. The van der Waals surface area contributed by atoms with Crippen molar-refractivity contribution >= 4 is 11.6 Å². The van der Waals surface area contributed by atoms with E-state index in [1.165, 1.54) is 18.4 Å². The van der Waals surface area contributed by atoms with Crippen LogP contribution in [0.1, 0.15) is 48.9 Å². The summed E-state index contributed by atoms with van der Waals surface area (Å²) in [5, 5.41) is 23.0. The van der Waals surface area contributed by atoms with E-state index in [2.05, 4.69) is 16.0 Å². The quantitative estimate of drug-likeness (QED) is 0.593. The molecule has 2 aromatic heterocycles. The highest BCUT2D eigenvalue weighted by molar-refractivity contribution is 5.78. The minimum Gasteiger partial charge on any atom is -0.508 e. The number of likely N-dealkylation sites (tertiary alicyclic amines) is 2. The third-order valence-electron chi connectivity index (χ3n) is 9.53. The van der Waals surface area contributed by atoms with Gasteiger partial charge in [0.05, 0.1) is 17.7 Å². The molecule has 4 aliphatic rings. The minimum absolute atomic E-state index is 0.0531. The van der Waals surface area contributed by atoms with Crippen LogP contribution in [0.2, 0.25) is 0 Å². The number of fused-ring (bicyclic) bond motifs is 2. The van der Waals surface area contributed by atoms with Gasteiger partial charge in [-0.2, -0.15) is 0 Å². The van der Waals surface area contributed by atoms with Crippen molar-refractivity contribution in [2.45, 2.75) is 62.0 Å². The number of amides is 1. The molecule has 1 saturated carbocycles. The van der Waals surface area contributed by atoms with E-state index in [0.717, 1.165) is 48.8 Å². The van der Waals surface area contributed by atoms with E-state index in [0.29, 0.717) is 25.9 Å². The summed E-state index contributed by atoms with van der Waals surface area (Å²) in [6, 6.07) is 11.6. The molecule has 2 N–H and O–H groups in total. The SMILES string of the molecule is O=C(Cc1cn2ccccc2n1)N1CC[C@]23CCN(CC4CC4)[C@H](Cc4ccc(O)cc42)[C@]3(O)CC1. The standard InChI is InChI=1S/C29H34N4O3/c34-23-7-6-21-15-25-29(36)10-14-31(27(35)16-22-19-33-11-2-1-3-26(33)30-22)12-8-28(29,24(21)17-23)9-13-32(25)18-20-4-5-20/h1-3,6-7,11,17,19-20,25,34,36H,4-5,8-10,12-16,18H2/t25-,28+,29-/m1/s1. The topological polar surface area (TPSA) is 81.3 Å². The van der Waals surface area contributed by atoms with E-state index < -0.39 is 11.0 Å². The molecule has 3 atom stereocenters. The maximum Gasteiger partial charge on any atom is 0.228 e. The molecule has 1 amide bonds. The molecule has 1 aromatic carbocycles. The lowest BCUT2D eigenvalue weighted by Crippen LogP contribution is -2.71. The largest absolute Gasteiger partial charge is 0.508 e. The molecule has 0 radical (unpaired) electrons. The first kappa shape index (κ1) is 22.3. The lowest BCUT2D eigenvalue weighted by Gasteiger charge is -2.61. The van der Waals surface area contributed by atoms with Crippen LogP contribution >= 0.6 is 0 Å². The molecule has 2 bridgehead atoms. The first-order valence-corrected chi connectivity index (χ1v) is 13.4. The molecule has 7 rings (SSSR count). The van der Waals surface area contributed by atoms with Crippen molar-refractivity contribution in [3.05, 3.63) is 65.6 Å². The van der Waals surface area contributed by atoms with Crippen LogP contribution in [0, 0.1) is 5.92 Å². The second-order valence-corrected chi connectivity index (χ2v) is 11.5. The zero-order valence-corrected chi connectivity index (χ0v) is 20.6. The van der Waals surface area contributed by atoms with E-state index in [9.17, 15) is 15.0 Å². The number of hydrogen-bond acceptors (Lipinski definition) is 5. The number of aromatic nitrogens is 2. The van der Waals surface area contributed by atoms with Gasteiger partial charge in [0, 0.05) is 43.5 Å². The van der Waals surface area contributed by atoms with Gasteiger partial charge < -0.3 is 19.5 Å². The van der Waals surface area contributed by atoms with Crippen molar-refractivity contribution in [2.24, 2.45) is 5.92 Å². The smallest absolute Gasteiger partial charge is 0.228 e. The number of piperidine rings is 1. The number of nitrogens with zero attached hydrogens (tertiary/aromatic N) is 4. The van der Waals surface area contributed by atoms with Crippen molar-refractivity contribution in [3.63, 3.8) is 0 Å². The maximum absolute atomic E-state index is 13.5. The molecular formula is C29H34N4O3. The van der Waals surface area contributed by atoms with Gasteiger partial charge in [-0.25, -0.2) is 4.98 Å². The Morgan fingerprint density at radius 1 is 1.08 bits per heavy atom. The van der Waals surface area contributed by atoms with Crippen LogP contribution in [0.15, 0.2) is 48.8 Å². The molecule has 0 unspecified atom stereocenters. The van der Waals surface area contributed by atoms with Crippen LogP contribution in [0.3, 0.4) is 0 Å². The van der Waals surface area contributed by atoms with E-state index in [4.69, 9.17) is 0 Å². The Labute approximate surface area is 211 Å². The normalized spacial score (nSPS) is 30.0. The predicted molar refractivity (Wildman–Crippen MR) is 136 cm³/mol. The highest BCUT2D eigenvalue weighted by atomic mass is 16.3. The molecular weight excluding hydrogens is 452 g/mol. The Morgan fingerprint density at radius 3 is 2.75 bits per heavy atom. The van der Waals surface area contributed by atoms with E-state index in [1.807, 2.05) is 46.0 Å². The summed E-state index contributed by atoms with van der Waals surface area (Å²) in [7, 11) is 0. The molecule has 2 aliphatic heterocycles. The number of carbonyl (C=O) groups excluding carboxylic acids is 1. The third kappa shape index (κ3) is 3.40. The summed E-state index contributed by atoms with van der Waals surface area (Å²) < 4.78 is 1.95.